The molecule has 0 saturated carbocycles. The van der Waals surface area contributed by atoms with Gasteiger partial charge in [-0.2, -0.15) is 0 Å². The fraction of sp³-hybridized carbons (Fsp3) is 0.267. The molecule has 8 nitrogen and oxygen atoms in total. The minimum absolute atomic E-state index is 0.00547. The number of rotatable bonds is 6. The summed E-state index contributed by atoms with van der Waals surface area (Å²) < 4.78 is -3.69. The molecule has 1 aromatic carbocycles. The molecule has 1 aromatic heterocycles. The third-order valence-electron chi connectivity index (χ3n) is 3.35. The van der Waals surface area contributed by atoms with Crippen LogP contribution in [0.25, 0.3) is 11.4 Å². The highest BCUT2D eigenvalue weighted by molar-refractivity contribution is 9.10. The number of aliphatic carboxylic acids is 2. The number of aromatic nitrogens is 3. The van der Waals surface area contributed by atoms with Gasteiger partial charge in [-0.3, -0.25) is 9.59 Å². The number of anilines is 1. The first kappa shape index (κ1) is 25.5. The molecular weight excluding hydrogens is 593 g/mol. The molecule has 0 aliphatic heterocycles. The molecule has 0 spiro atoms. The van der Waals surface area contributed by atoms with E-state index >= 15 is 0 Å². The zero-order chi connectivity index (χ0) is 22.9. The molecule has 0 aliphatic carbocycles. The number of hydrogen-bond donors (Lipinski definition) is 2. The summed E-state index contributed by atoms with van der Waals surface area (Å²) in [5, 5.41) is 18.1. The Kier molecular flexibility index (Phi) is 8.29. The SMILES string of the molecule is O=C(O)CN(CC(=O)O)c1ccc(-c2nc(C(Cl)(Cl)Cl)nc(C(Cl)(Cl)Cl)n2)c(Br)c1. The van der Waals surface area contributed by atoms with Gasteiger partial charge in [0, 0.05) is 15.7 Å². The van der Waals surface area contributed by atoms with Crippen LogP contribution in [0.1, 0.15) is 11.6 Å². The maximum atomic E-state index is 11.1. The number of nitrogens with zero attached hydrogens (tertiary/aromatic N) is 4. The molecule has 30 heavy (non-hydrogen) atoms. The molecule has 0 radical (unpaired) electrons. The number of carboxylic acid groups (broad SMARTS) is 2. The van der Waals surface area contributed by atoms with Gasteiger partial charge in [-0.15, -0.1) is 0 Å². The van der Waals surface area contributed by atoms with Crippen LogP contribution in [0.3, 0.4) is 0 Å². The third kappa shape index (κ3) is 6.85. The van der Waals surface area contributed by atoms with Gasteiger partial charge in [0.2, 0.25) is 7.59 Å². The summed E-state index contributed by atoms with van der Waals surface area (Å²) in [5.41, 5.74) is 0.672. The molecule has 1 heterocycles. The van der Waals surface area contributed by atoms with E-state index < -0.39 is 32.6 Å². The van der Waals surface area contributed by atoms with Crippen LogP contribution in [0, 0.1) is 0 Å². The first-order valence-electron chi connectivity index (χ1n) is 7.57. The largest absolute Gasteiger partial charge is 0.480 e. The normalized spacial score (nSPS) is 12.0. The predicted octanol–water partition coefficient (Wildman–Crippen LogP) is 4.93. The molecule has 2 N–H and O–H groups in total. The molecule has 0 saturated heterocycles. The van der Waals surface area contributed by atoms with Crippen molar-refractivity contribution < 1.29 is 19.8 Å². The lowest BCUT2D eigenvalue weighted by Gasteiger charge is -2.21. The summed E-state index contributed by atoms with van der Waals surface area (Å²) in [6, 6.07) is 4.45. The fourth-order valence-corrected chi connectivity index (χ4v) is 3.25. The second-order valence-corrected chi connectivity index (χ2v) is 11.0. The molecule has 2 rings (SSSR count). The number of carboxylic acids is 2. The van der Waals surface area contributed by atoms with Crippen LogP contribution in [0.2, 0.25) is 0 Å². The third-order valence-corrected chi connectivity index (χ3v) is 5.02. The number of alkyl halides is 6. The van der Waals surface area contributed by atoms with Crippen molar-refractivity contribution in [3.05, 3.63) is 34.3 Å². The molecule has 0 fully saturated rings. The van der Waals surface area contributed by atoms with Gasteiger partial charge in [-0.25, -0.2) is 15.0 Å². The number of halogens is 7. The number of benzene rings is 1. The summed E-state index contributed by atoms with van der Waals surface area (Å²) in [7, 11) is 0. The maximum Gasteiger partial charge on any atom is 0.323 e. The Morgan fingerprint density at radius 3 is 1.73 bits per heavy atom. The molecule has 15 heteroatoms. The van der Waals surface area contributed by atoms with Crippen LogP contribution >= 0.6 is 85.5 Å². The van der Waals surface area contributed by atoms with Gasteiger partial charge in [-0.05, 0) is 34.1 Å². The Bertz CT molecular complexity index is 934. The van der Waals surface area contributed by atoms with E-state index in [4.69, 9.17) is 79.8 Å². The van der Waals surface area contributed by atoms with E-state index in [0.717, 1.165) is 4.90 Å². The molecule has 2 aromatic rings. The van der Waals surface area contributed by atoms with Crippen molar-refractivity contribution in [2.75, 3.05) is 18.0 Å². The Morgan fingerprint density at radius 2 is 1.37 bits per heavy atom. The van der Waals surface area contributed by atoms with Gasteiger partial charge in [0.15, 0.2) is 17.5 Å². The van der Waals surface area contributed by atoms with Crippen molar-refractivity contribution in [2.24, 2.45) is 0 Å². The second kappa shape index (κ2) is 9.77. The van der Waals surface area contributed by atoms with Gasteiger partial charge < -0.3 is 15.1 Å². The van der Waals surface area contributed by atoms with E-state index in [2.05, 4.69) is 30.9 Å². The number of carbonyl (C=O) groups is 2. The molecule has 0 unspecified atom stereocenters. The minimum Gasteiger partial charge on any atom is -0.480 e. The van der Waals surface area contributed by atoms with Gasteiger partial charge >= 0.3 is 11.9 Å². The monoisotopic (exact) mass is 598 g/mol. The summed E-state index contributed by atoms with van der Waals surface area (Å²) in [4.78, 5) is 35.3. The first-order valence-corrected chi connectivity index (χ1v) is 10.6. The lowest BCUT2D eigenvalue weighted by Crippen LogP contribution is -2.34. The Hall–Kier alpha value is -0.810. The molecule has 0 bridgehead atoms. The molecule has 0 amide bonds. The van der Waals surface area contributed by atoms with E-state index in [1.54, 1.807) is 0 Å². The highest BCUT2D eigenvalue weighted by Gasteiger charge is 2.34. The standard InChI is InChI=1S/C15H9BrCl6N4O4/c16-8-3-6(26(4-9(27)28)5-10(29)30)1-2-7(8)11-23-12(14(17,18)19)25-13(24-11)15(20,21)22/h1-3H,4-5H2,(H,27,28)(H,29,30). The van der Waals surface area contributed by atoms with Crippen LogP contribution < -0.4 is 4.90 Å². The molecule has 0 atom stereocenters. The highest BCUT2D eigenvalue weighted by Crippen LogP contribution is 2.41. The topological polar surface area (TPSA) is 117 Å². The maximum absolute atomic E-state index is 11.1. The van der Waals surface area contributed by atoms with Gasteiger partial charge in [0.1, 0.15) is 13.1 Å². The predicted molar refractivity (Wildman–Crippen MR) is 119 cm³/mol. The van der Waals surface area contributed by atoms with Crippen LogP contribution in [-0.4, -0.2) is 50.2 Å². The van der Waals surface area contributed by atoms with Crippen molar-refractivity contribution in [1.82, 2.24) is 15.0 Å². The quantitative estimate of drug-likeness (QED) is 0.448. The average molecular weight is 602 g/mol. The summed E-state index contributed by atoms with van der Waals surface area (Å²) in [6.07, 6.45) is 0. The Balaban J connectivity index is 2.57. The van der Waals surface area contributed by atoms with Crippen molar-refractivity contribution in [1.29, 1.82) is 0 Å². The van der Waals surface area contributed by atoms with Crippen LogP contribution in [-0.2, 0) is 17.2 Å². The van der Waals surface area contributed by atoms with Crippen molar-refractivity contribution in [2.45, 2.75) is 7.59 Å². The van der Waals surface area contributed by atoms with E-state index in [1.165, 1.54) is 18.2 Å². The molecular formula is C15H9BrCl6N4O4. The number of hydrogen-bond acceptors (Lipinski definition) is 6. The van der Waals surface area contributed by atoms with E-state index in [1.807, 2.05) is 0 Å². The summed E-state index contributed by atoms with van der Waals surface area (Å²) in [6.45, 7) is -1.06. The molecule has 162 valence electrons. The lowest BCUT2D eigenvalue weighted by molar-refractivity contribution is -0.136. The van der Waals surface area contributed by atoms with E-state index in [9.17, 15) is 9.59 Å². The summed E-state index contributed by atoms with van der Waals surface area (Å²) >= 11 is 38.5. The van der Waals surface area contributed by atoms with Gasteiger partial charge in [0.25, 0.3) is 0 Å². The van der Waals surface area contributed by atoms with Crippen molar-refractivity contribution >= 4 is 103 Å². The molecule has 0 aliphatic rings. The first-order chi connectivity index (χ1) is 13.7. The van der Waals surface area contributed by atoms with E-state index in [0.29, 0.717) is 15.7 Å². The smallest absolute Gasteiger partial charge is 0.323 e. The van der Waals surface area contributed by atoms with Gasteiger partial charge in [-0.1, -0.05) is 69.6 Å². The van der Waals surface area contributed by atoms with Crippen LogP contribution in [0.4, 0.5) is 5.69 Å². The van der Waals surface area contributed by atoms with Crippen LogP contribution in [0.5, 0.6) is 0 Å². The minimum atomic E-state index is -2.03. The highest BCUT2D eigenvalue weighted by atomic mass is 79.9. The zero-order valence-corrected chi connectivity index (χ0v) is 20.4. The van der Waals surface area contributed by atoms with E-state index in [-0.39, 0.29) is 17.5 Å². The van der Waals surface area contributed by atoms with Gasteiger partial charge in [0.05, 0.1) is 0 Å². The van der Waals surface area contributed by atoms with Crippen molar-refractivity contribution in [3.63, 3.8) is 0 Å². The summed E-state index contributed by atoms with van der Waals surface area (Å²) in [5.74, 6) is -2.97. The lowest BCUT2D eigenvalue weighted by atomic mass is 10.1. The average Bonchev–Trinajstić information content (AvgIpc) is 2.58. The second-order valence-electron chi connectivity index (χ2n) is 5.61. The fourth-order valence-electron chi connectivity index (χ4n) is 2.20. The van der Waals surface area contributed by atoms with Crippen LogP contribution in [0.15, 0.2) is 22.7 Å². The Morgan fingerprint density at radius 1 is 0.900 bits per heavy atom. The Labute approximate surface area is 208 Å². The zero-order valence-electron chi connectivity index (χ0n) is 14.3. The van der Waals surface area contributed by atoms with Crippen molar-refractivity contribution in [3.8, 4) is 11.4 Å².